The summed E-state index contributed by atoms with van der Waals surface area (Å²) >= 11 is 0. The third-order valence-electron chi connectivity index (χ3n) is 3.25. The Hall–Kier alpha value is -0.790. The number of carbonyl (C=O) groups is 1. The molecule has 0 N–H and O–H groups in total. The minimum Gasteiger partial charge on any atom is -0.462 e. The van der Waals surface area contributed by atoms with Gasteiger partial charge in [0.2, 0.25) is 0 Å². The number of hydrogen-bond donors (Lipinski definition) is 0. The number of carbonyl (C=O) groups excluding carboxylic acids is 1. The maximum absolute atomic E-state index is 11.2. The van der Waals surface area contributed by atoms with Crippen LogP contribution in [0, 0.1) is 5.92 Å². The molecule has 106 valence electrons. The Morgan fingerprint density at radius 3 is 2.28 bits per heavy atom. The van der Waals surface area contributed by atoms with Crippen LogP contribution in [-0.4, -0.2) is 12.6 Å². The van der Waals surface area contributed by atoms with Gasteiger partial charge in [0.1, 0.15) is 0 Å². The van der Waals surface area contributed by atoms with Gasteiger partial charge < -0.3 is 4.74 Å². The minimum absolute atomic E-state index is 0.256. The Labute approximate surface area is 113 Å². The molecule has 0 fully saturated rings. The van der Waals surface area contributed by atoms with Gasteiger partial charge in [0.05, 0.1) is 6.61 Å². The quantitative estimate of drug-likeness (QED) is 0.298. The molecule has 1 unspecified atom stereocenters. The van der Waals surface area contributed by atoms with Crippen LogP contribution in [0.25, 0.3) is 0 Å². The van der Waals surface area contributed by atoms with Crippen LogP contribution in [0.4, 0.5) is 0 Å². The van der Waals surface area contributed by atoms with E-state index < -0.39 is 0 Å². The molecule has 0 aromatic carbocycles. The van der Waals surface area contributed by atoms with Gasteiger partial charge in [-0.25, -0.2) is 4.79 Å². The first kappa shape index (κ1) is 17.2. The van der Waals surface area contributed by atoms with Crippen LogP contribution >= 0.6 is 0 Å². The highest BCUT2D eigenvalue weighted by atomic mass is 16.5. The lowest BCUT2D eigenvalue weighted by molar-refractivity contribution is -0.139. The van der Waals surface area contributed by atoms with Crippen molar-refractivity contribution in [3.05, 3.63) is 12.2 Å². The van der Waals surface area contributed by atoms with Crippen molar-refractivity contribution in [3.63, 3.8) is 0 Å². The molecule has 0 aliphatic carbocycles. The van der Waals surface area contributed by atoms with Crippen LogP contribution in [0.5, 0.6) is 0 Å². The van der Waals surface area contributed by atoms with Crippen LogP contribution in [0.1, 0.15) is 72.1 Å². The fourth-order valence-corrected chi connectivity index (χ4v) is 2.18. The number of rotatable bonds is 11. The highest BCUT2D eigenvalue weighted by molar-refractivity contribution is 5.86. The smallest absolute Gasteiger partial charge is 0.333 e. The summed E-state index contributed by atoms with van der Waals surface area (Å²) < 4.78 is 5.12. The molecule has 2 nitrogen and oxygen atoms in total. The van der Waals surface area contributed by atoms with Gasteiger partial charge in [0.25, 0.3) is 0 Å². The fourth-order valence-electron chi connectivity index (χ4n) is 2.18. The molecule has 0 bridgehead atoms. The van der Waals surface area contributed by atoms with E-state index >= 15 is 0 Å². The van der Waals surface area contributed by atoms with E-state index in [1.54, 1.807) is 6.92 Å². The van der Waals surface area contributed by atoms with Gasteiger partial charge in [-0.3, -0.25) is 0 Å². The van der Waals surface area contributed by atoms with Crippen molar-refractivity contribution in [1.29, 1.82) is 0 Å². The molecular formula is C16H30O2. The number of esters is 1. The monoisotopic (exact) mass is 254 g/mol. The normalized spacial score (nSPS) is 12.2. The van der Waals surface area contributed by atoms with Crippen molar-refractivity contribution in [2.45, 2.75) is 72.1 Å². The Morgan fingerprint density at radius 2 is 1.72 bits per heavy atom. The standard InChI is InChI=1S/C16H30O2/c1-5-7-8-11-15(10-6-2)12-9-13-18-16(17)14(3)4/h15H,3,5-13H2,1-2,4H3. The number of ether oxygens (including phenoxy) is 1. The lowest BCUT2D eigenvalue weighted by atomic mass is 9.92. The predicted molar refractivity (Wildman–Crippen MR) is 77.5 cm³/mol. The molecule has 1 atom stereocenters. The van der Waals surface area contributed by atoms with E-state index in [-0.39, 0.29) is 5.97 Å². The van der Waals surface area contributed by atoms with Crippen molar-refractivity contribution in [1.82, 2.24) is 0 Å². The molecular weight excluding hydrogens is 224 g/mol. The zero-order chi connectivity index (χ0) is 13.8. The molecule has 0 aliphatic heterocycles. The van der Waals surface area contributed by atoms with E-state index in [0.717, 1.165) is 12.3 Å². The van der Waals surface area contributed by atoms with Gasteiger partial charge in [-0.2, -0.15) is 0 Å². The zero-order valence-corrected chi connectivity index (χ0v) is 12.5. The van der Waals surface area contributed by atoms with Crippen LogP contribution in [0.3, 0.4) is 0 Å². The molecule has 0 aromatic heterocycles. The summed E-state index contributed by atoms with van der Waals surface area (Å²) in [6, 6.07) is 0. The SMILES string of the molecule is C=C(C)C(=O)OCCCC(CCC)CCCCC. The van der Waals surface area contributed by atoms with Crippen molar-refractivity contribution in [2.75, 3.05) is 6.61 Å². The molecule has 18 heavy (non-hydrogen) atoms. The lowest BCUT2D eigenvalue weighted by Crippen LogP contribution is -2.08. The third kappa shape index (κ3) is 9.26. The Kier molecular flexibility index (Phi) is 10.8. The number of unbranched alkanes of at least 4 members (excludes halogenated alkanes) is 2. The molecule has 0 saturated heterocycles. The maximum atomic E-state index is 11.2. The highest BCUT2D eigenvalue weighted by Crippen LogP contribution is 2.20. The molecule has 2 heteroatoms. The first-order valence-corrected chi connectivity index (χ1v) is 7.44. The van der Waals surface area contributed by atoms with Gasteiger partial charge in [0.15, 0.2) is 0 Å². The van der Waals surface area contributed by atoms with Gasteiger partial charge in [-0.1, -0.05) is 59.0 Å². The van der Waals surface area contributed by atoms with E-state index in [1.807, 2.05) is 0 Å². The Balaban J connectivity index is 3.68. The average molecular weight is 254 g/mol. The predicted octanol–water partition coefficient (Wildman–Crippen LogP) is 4.88. The molecule has 0 saturated carbocycles. The van der Waals surface area contributed by atoms with Crippen LogP contribution in [0.2, 0.25) is 0 Å². The second-order valence-electron chi connectivity index (χ2n) is 5.21. The van der Waals surface area contributed by atoms with Crippen LogP contribution in [0.15, 0.2) is 12.2 Å². The summed E-state index contributed by atoms with van der Waals surface area (Å²) in [5.74, 6) is 0.554. The largest absolute Gasteiger partial charge is 0.462 e. The molecule has 0 heterocycles. The fraction of sp³-hybridized carbons (Fsp3) is 0.812. The van der Waals surface area contributed by atoms with E-state index in [0.29, 0.717) is 12.2 Å². The summed E-state index contributed by atoms with van der Waals surface area (Å²) in [5.41, 5.74) is 0.489. The summed E-state index contributed by atoms with van der Waals surface area (Å²) in [5, 5.41) is 0. The molecule has 0 radical (unpaired) electrons. The van der Waals surface area contributed by atoms with E-state index in [4.69, 9.17) is 4.74 Å². The minimum atomic E-state index is -0.256. The van der Waals surface area contributed by atoms with Crippen molar-refractivity contribution in [3.8, 4) is 0 Å². The van der Waals surface area contributed by atoms with Crippen molar-refractivity contribution < 1.29 is 9.53 Å². The van der Waals surface area contributed by atoms with Crippen molar-refractivity contribution in [2.24, 2.45) is 5.92 Å². The Morgan fingerprint density at radius 1 is 1.06 bits per heavy atom. The topological polar surface area (TPSA) is 26.3 Å². The van der Waals surface area contributed by atoms with Gasteiger partial charge in [-0.15, -0.1) is 0 Å². The summed E-state index contributed by atoms with van der Waals surface area (Å²) in [6.07, 6.45) is 10.0. The lowest BCUT2D eigenvalue weighted by Gasteiger charge is -2.15. The maximum Gasteiger partial charge on any atom is 0.333 e. The summed E-state index contributed by atoms with van der Waals surface area (Å²) in [6.45, 7) is 10.3. The van der Waals surface area contributed by atoms with E-state index in [9.17, 15) is 4.79 Å². The van der Waals surface area contributed by atoms with Gasteiger partial charge in [-0.05, 0) is 25.7 Å². The molecule has 0 aromatic rings. The third-order valence-corrected chi connectivity index (χ3v) is 3.25. The molecule has 0 rings (SSSR count). The van der Waals surface area contributed by atoms with E-state index in [1.165, 1.54) is 44.9 Å². The summed E-state index contributed by atoms with van der Waals surface area (Å²) in [4.78, 5) is 11.2. The van der Waals surface area contributed by atoms with Gasteiger partial charge >= 0.3 is 5.97 Å². The van der Waals surface area contributed by atoms with Gasteiger partial charge in [0, 0.05) is 5.57 Å². The second-order valence-corrected chi connectivity index (χ2v) is 5.21. The highest BCUT2D eigenvalue weighted by Gasteiger charge is 2.08. The van der Waals surface area contributed by atoms with Crippen molar-refractivity contribution >= 4 is 5.97 Å². The average Bonchev–Trinajstić information content (AvgIpc) is 2.34. The molecule has 0 amide bonds. The van der Waals surface area contributed by atoms with E-state index in [2.05, 4.69) is 20.4 Å². The first-order valence-electron chi connectivity index (χ1n) is 7.44. The molecule has 0 spiro atoms. The first-order chi connectivity index (χ1) is 8.61. The Bertz CT molecular complexity index is 233. The summed E-state index contributed by atoms with van der Waals surface area (Å²) in [7, 11) is 0. The molecule has 0 aliphatic rings. The van der Waals surface area contributed by atoms with Crippen LogP contribution < -0.4 is 0 Å². The van der Waals surface area contributed by atoms with Crippen LogP contribution in [-0.2, 0) is 9.53 Å². The second kappa shape index (κ2) is 11.3. The number of hydrogen-bond acceptors (Lipinski definition) is 2. The zero-order valence-electron chi connectivity index (χ0n) is 12.5.